The number of hydrogen-bond donors (Lipinski definition) is 3. The van der Waals surface area contributed by atoms with Crippen molar-refractivity contribution in [1.29, 1.82) is 0 Å². The van der Waals surface area contributed by atoms with E-state index in [9.17, 15) is 14.0 Å². The number of aromatic nitrogens is 6. The van der Waals surface area contributed by atoms with Crippen LogP contribution in [0.3, 0.4) is 0 Å². The lowest BCUT2D eigenvalue weighted by atomic mass is 10.1. The first-order chi connectivity index (χ1) is 16.5. The summed E-state index contributed by atoms with van der Waals surface area (Å²) in [4.78, 5) is 35.4. The Kier molecular flexibility index (Phi) is 5.80. The average Bonchev–Trinajstić information content (AvgIpc) is 3.58. The van der Waals surface area contributed by atoms with E-state index >= 15 is 0 Å². The highest BCUT2D eigenvalue weighted by atomic mass is 32.1. The summed E-state index contributed by atoms with van der Waals surface area (Å²) >= 11 is 1.52. The van der Waals surface area contributed by atoms with E-state index in [1.165, 1.54) is 29.8 Å². The van der Waals surface area contributed by atoms with Gasteiger partial charge in [0.15, 0.2) is 0 Å². The van der Waals surface area contributed by atoms with Crippen molar-refractivity contribution in [2.75, 3.05) is 0 Å². The summed E-state index contributed by atoms with van der Waals surface area (Å²) in [5.41, 5.74) is 2.57. The van der Waals surface area contributed by atoms with E-state index in [1.807, 2.05) is 6.07 Å². The first-order valence-corrected chi connectivity index (χ1v) is 11.3. The molecule has 2 amide bonds. The molecular weight excluding hydrogens is 459 g/mol. The Morgan fingerprint density at radius 3 is 2.76 bits per heavy atom. The van der Waals surface area contributed by atoms with E-state index in [4.69, 9.17) is 0 Å². The van der Waals surface area contributed by atoms with Gasteiger partial charge in [-0.2, -0.15) is 5.21 Å². The van der Waals surface area contributed by atoms with Crippen molar-refractivity contribution in [3.05, 3.63) is 75.4 Å². The van der Waals surface area contributed by atoms with Crippen molar-refractivity contribution < 1.29 is 14.0 Å². The third-order valence-electron chi connectivity index (χ3n) is 5.54. The number of nitrogens with zero attached hydrogens (tertiary/aromatic N) is 5. The van der Waals surface area contributed by atoms with E-state index in [0.29, 0.717) is 11.4 Å². The third-order valence-corrected chi connectivity index (χ3v) is 6.83. The molecule has 0 aliphatic heterocycles. The minimum atomic E-state index is -0.454. The van der Waals surface area contributed by atoms with Crippen molar-refractivity contribution in [2.45, 2.75) is 32.4 Å². The van der Waals surface area contributed by atoms with Gasteiger partial charge in [0.05, 0.1) is 10.9 Å². The Labute approximate surface area is 197 Å². The lowest BCUT2D eigenvalue weighted by Crippen LogP contribution is -2.29. The number of carbonyl (C=O) groups is 2. The quantitative estimate of drug-likeness (QED) is 0.387. The zero-order chi connectivity index (χ0) is 23.7. The molecule has 0 saturated heterocycles. The van der Waals surface area contributed by atoms with Crippen molar-refractivity contribution in [2.24, 2.45) is 0 Å². The zero-order valence-electron chi connectivity index (χ0n) is 18.0. The van der Waals surface area contributed by atoms with E-state index in [2.05, 4.69) is 41.2 Å². The summed E-state index contributed by atoms with van der Waals surface area (Å²) in [6.07, 6.45) is 2.79. The zero-order valence-corrected chi connectivity index (χ0v) is 18.8. The number of carbonyl (C=O) groups excluding carboxylic acids is 2. The molecule has 3 aromatic heterocycles. The first kappa shape index (κ1) is 21.8. The van der Waals surface area contributed by atoms with Crippen LogP contribution in [0, 0.1) is 12.7 Å². The Balaban J connectivity index is 1.24. The smallest absolute Gasteiger partial charge is 0.270 e. The summed E-state index contributed by atoms with van der Waals surface area (Å²) in [7, 11) is 0. The van der Waals surface area contributed by atoms with Crippen molar-refractivity contribution in [1.82, 2.24) is 41.2 Å². The maximum atomic E-state index is 13.4. The molecule has 10 nitrogen and oxygen atoms in total. The molecule has 3 heterocycles. The predicted octanol–water partition coefficient (Wildman–Crippen LogP) is 2.51. The second-order valence-corrected chi connectivity index (χ2v) is 8.94. The number of amides is 2. The van der Waals surface area contributed by atoms with Gasteiger partial charge in [-0.1, -0.05) is 12.1 Å². The lowest BCUT2D eigenvalue weighted by Gasteiger charge is -2.12. The van der Waals surface area contributed by atoms with Crippen LogP contribution in [-0.4, -0.2) is 42.4 Å². The normalized spacial score (nSPS) is 14.6. The van der Waals surface area contributed by atoms with E-state index < -0.39 is 11.8 Å². The number of aryl methyl sites for hydroxylation is 2. The number of rotatable bonds is 6. The molecule has 3 N–H and O–H groups in total. The summed E-state index contributed by atoms with van der Waals surface area (Å²) in [5.74, 6) is -0.626. The number of H-pyrrole nitrogens is 1. The molecule has 1 aliphatic carbocycles. The number of thiophene rings is 1. The van der Waals surface area contributed by atoms with Gasteiger partial charge in [0.2, 0.25) is 5.82 Å². The van der Waals surface area contributed by atoms with E-state index in [-0.39, 0.29) is 29.8 Å². The van der Waals surface area contributed by atoms with Crippen LogP contribution in [-0.2, 0) is 13.0 Å². The summed E-state index contributed by atoms with van der Waals surface area (Å²) in [6, 6.07) is 7.84. The van der Waals surface area contributed by atoms with Crippen molar-refractivity contribution in [3.8, 4) is 10.7 Å². The SMILES string of the molecule is Cc1cc(CNC(=O)c2cc(C(=O)N[C@H]3CCc4cc(-c5nn[nH]n5)sc43)ncn2)ccc1F. The molecule has 0 saturated carbocycles. The molecule has 0 radical (unpaired) electrons. The summed E-state index contributed by atoms with van der Waals surface area (Å²) < 4.78 is 13.4. The van der Waals surface area contributed by atoms with Crippen LogP contribution in [0.4, 0.5) is 4.39 Å². The standard InChI is InChI=1S/C22H19FN8O2S/c1-11-6-12(2-4-14(11)23)9-24-21(32)16-8-17(26-10-25-16)22(33)27-15-5-3-13-7-18(34-19(13)15)20-28-30-31-29-20/h2,4,6-8,10,15H,3,5,9H2,1H3,(H,24,32)(H,27,33)(H,28,29,30,31)/t15-/m0/s1. The second-order valence-electron chi connectivity index (χ2n) is 7.85. The molecule has 34 heavy (non-hydrogen) atoms. The Morgan fingerprint density at radius 1 is 1.18 bits per heavy atom. The highest BCUT2D eigenvalue weighted by molar-refractivity contribution is 7.15. The number of nitrogens with one attached hydrogen (secondary N) is 3. The van der Waals surface area contributed by atoms with Gasteiger partial charge in [0.25, 0.3) is 11.8 Å². The van der Waals surface area contributed by atoms with Crippen LogP contribution in [0.25, 0.3) is 10.7 Å². The predicted molar refractivity (Wildman–Crippen MR) is 120 cm³/mol. The number of hydrogen-bond acceptors (Lipinski definition) is 8. The third kappa shape index (κ3) is 4.39. The van der Waals surface area contributed by atoms with Crippen LogP contribution in [0.1, 0.15) is 55.0 Å². The highest BCUT2D eigenvalue weighted by Crippen LogP contribution is 2.40. The average molecular weight is 479 g/mol. The van der Waals surface area contributed by atoms with Crippen LogP contribution in [0.15, 0.2) is 36.7 Å². The number of fused-ring (bicyclic) bond motifs is 1. The van der Waals surface area contributed by atoms with Crippen LogP contribution in [0.5, 0.6) is 0 Å². The summed E-state index contributed by atoms with van der Waals surface area (Å²) in [6.45, 7) is 1.86. The monoisotopic (exact) mass is 478 g/mol. The van der Waals surface area contributed by atoms with Gasteiger partial charge in [0, 0.05) is 17.5 Å². The minimum absolute atomic E-state index is 0.0709. The van der Waals surface area contributed by atoms with Gasteiger partial charge in [0.1, 0.15) is 23.5 Å². The van der Waals surface area contributed by atoms with Crippen LogP contribution < -0.4 is 10.6 Å². The molecule has 1 atom stereocenters. The van der Waals surface area contributed by atoms with Crippen molar-refractivity contribution >= 4 is 23.2 Å². The fourth-order valence-corrected chi connectivity index (χ4v) is 5.03. The molecule has 12 heteroatoms. The van der Waals surface area contributed by atoms with Gasteiger partial charge >= 0.3 is 0 Å². The topological polar surface area (TPSA) is 138 Å². The first-order valence-electron chi connectivity index (χ1n) is 10.5. The highest BCUT2D eigenvalue weighted by Gasteiger charge is 2.28. The van der Waals surface area contributed by atoms with Crippen molar-refractivity contribution in [3.63, 3.8) is 0 Å². The van der Waals surface area contributed by atoms with E-state index in [1.54, 1.807) is 19.1 Å². The second kappa shape index (κ2) is 9.06. The van der Waals surface area contributed by atoms with Gasteiger partial charge in [-0.3, -0.25) is 9.59 Å². The van der Waals surface area contributed by atoms with Gasteiger partial charge < -0.3 is 10.6 Å². The Bertz CT molecular complexity index is 1370. The molecule has 1 aromatic carbocycles. The molecule has 172 valence electrons. The maximum Gasteiger partial charge on any atom is 0.270 e. The molecule has 0 unspecified atom stereocenters. The number of halogens is 1. The molecule has 4 aromatic rings. The molecule has 5 rings (SSSR count). The number of tetrazole rings is 1. The Hall–Kier alpha value is -4.06. The van der Waals surface area contributed by atoms with Gasteiger partial charge in [-0.25, -0.2) is 14.4 Å². The lowest BCUT2D eigenvalue weighted by molar-refractivity contribution is 0.0932. The maximum absolute atomic E-state index is 13.4. The van der Waals surface area contributed by atoms with Crippen LogP contribution >= 0.6 is 11.3 Å². The minimum Gasteiger partial charge on any atom is -0.347 e. The number of aromatic amines is 1. The molecule has 0 spiro atoms. The fraction of sp³-hybridized carbons (Fsp3) is 0.227. The van der Waals surface area contributed by atoms with E-state index in [0.717, 1.165) is 33.7 Å². The molecule has 0 bridgehead atoms. The number of benzene rings is 1. The molecule has 0 fully saturated rings. The largest absolute Gasteiger partial charge is 0.347 e. The van der Waals surface area contributed by atoms with Crippen LogP contribution in [0.2, 0.25) is 0 Å². The van der Waals surface area contributed by atoms with Gasteiger partial charge in [-0.05, 0) is 53.8 Å². The van der Waals surface area contributed by atoms with Gasteiger partial charge in [-0.15, -0.1) is 21.5 Å². The Morgan fingerprint density at radius 2 is 2.00 bits per heavy atom. The summed E-state index contributed by atoms with van der Waals surface area (Å²) in [5, 5.41) is 19.8. The molecular formula is C22H19FN8O2S. The molecule has 1 aliphatic rings. The fourth-order valence-electron chi connectivity index (χ4n) is 3.81.